The molecule has 0 saturated carbocycles. The number of carbonyl (C=O) groups is 1. The summed E-state index contributed by atoms with van der Waals surface area (Å²) < 4.78 is 0.897. The first kappa shape index (κ1) is 18.1. The van der Waals surface area contributed by atoms with Crippen LogP contribution in [-0.4, -0.2) is 18.9 Å². The zero-order valence-electron chi connectivity index (χ0n) is 14.1. The third-order valence-electron chi connectivity index (χ3n) is 4.58. The lowest BCUT2D eigenvalue weighted by Crippen LogP contribution is -2.40. The van der Waals surface area contributed by atoms with Crippen molar-refractivity contribution in [3.63, 3.8) is 0 Å². The molecule has 122 valence electrons. The first-order valence-corrected chi connectivity index (χ1v) is 11.5. The van der Waals surface area contributed by atoms with Gasteiger partial charge in [-0.25, -0.2) is 0 Å². The Morgan fingerprint density at radius 3 is 2.22 bits per heavy atom. The van der Waals surface area contributed by atoms with Gasteiger partial charge in [0.2, 0.25) is 0 Å². The van der Waals surface area contributed by atoms with Crippen LogP contribution in [0.2, 0.25) is 18.1 Å². The van der Waals surface area contributed by atoms with Gasteiger partial charge in [0, 0.05) is 15.6 Å². The minimum atomic E-state index is -2.27. The lowest BCUT2D eigenvalue weighted by molar-refractivity contribution is 0.103. The van der Waals surface area contributed by atoms with Crippen molar-refractivity contribution in [2.75, 3.05) is 0 Å². The molecule has 0 aliphatic heterocycles. The average molecular weight is 391 g/mol. The van der Waals surface area contributed by atoms with E-state index in [0.29, 0.717) is 11.1 Å². The van der Waals surface area contributed by atoms with E-state index in [1.807, 2.05) is 61.6 Å². The number of halogens is 1. The fraction of sp³-hybridized carbons (Fsp3) is 0.316. The van der Waals surface area contributed by atoms with E-state index < -0.39 is 8.32 Å². The summed E-state index contributed by atoms with van der Waals surface area (Å²) in [5, 5.41) is -0.148. The molecule has 0 aromatic heterocycles. The molecule has 0 bridgehead atoms. The van der Waals surface area contributed by atoms with Crippen molar-refractivity contribution in [2.24, 2.45) is 0 Å². The smallest absolute Gasteiger partial charge is 0.193 e. The number of carbonyl (C=O) groups excluding carboxylic acids is 1. The Labute approximate surface area is 147 Å². The van der Waals surface area contributed by atoms with Gasteiger partial charge in [-0.15, -0.1) is 0 Å². The maximum Gasteiger partial charge on any atom is 0.193 e. The fourth-order valence-corrected chi connectivity index (χ4v) is 3.38. The van der Waals surface area contributed by atoms with Crippen LogP contribution < -0.4 is 0 Å². The molecule has 0 atom stereocenters. The number of hydrogen-bond donors (Lipinski definition) is 1. The van der Waals surface area contributed by atoms with E-state index >= 15 is 0 Å². The number of hydrogen-bond acceptors (Lipinski definition) is 2. The van der Waals surface area contributed by atoms with Gasteiger partial charge < -0.3 is 4.80 Å². The van der Waals surface area contributed by atoms with Crippen LogP contribution in [0.5, 0.6) is 0 Å². The Morgan fingerprint density at radius 1 is 1.09 bits per heavy atom. The molecule has 2 nitrogen and oxygen atoms in total. The van der Waals surface area contributed by atoms with E-state index in [2.05, 4.69) is 29.8 Å². The van der Waals surface area contributed by atoms with Crippen molar-refractivity contribution < 1.29 is 9.59 Å². The van der Waals surface area contributed by atoms with E-state index in [0.717, 1.165) is 16.5 Å². The average Bonchev–Trinajstić information content (AvgIpc) is 2.45. The lowest BCUT2D eigenvalue weighted by Gasteiger charge is -2.35. The summed E-state index contributed by atoms with van der Waals surface area (Å²) in [5.41, 5.74) is 2.45. The summed E-state index contributed by atoms with van der Waals surface area (Å²) in [6, 6.07) is 15.2. The second kappa shape index (κ2) is 6.71. The third-order valence-corrected chi connectivity index (χ3v) is 8.56. The van der Waals surface area contributed by atoms with Crippen molar-refractivity contribution in [3.05, 3.63) is 69.7 Å². The van der Waals surface area contributed by atoms with Crippen LogP contribution in [-0.2, 0) is 6.42 Å². The van der Waals surface area contributed by atoms with E-state index in [1.165, 1.54) is 0 Å². The molecule has 0 spiro atoms. The molecule has 0 radical (unpaired) electrons. The molecule has 2 aromatic rings. The highest BCUT2D eigenvalue weighted by Crippen LogP contribution is 2.38. The Balaban J connectivity index is 2.28. The highest BCUT2D eigenvalue weighted by molar-refractivity contribution is 9.10. The Morgan fingerprint density at radius 2 is 1.65 bits per heavy atom. The van der Waals surface area contributed by atoms with Crippen LogP contribution in [0.15, 0.2) is 53.0 Å². The van der Waals surface area contributed by atoms with Gasteiger partial charge in [0.1, 0.15) is 0 Å². The predicted molar refractivity (Wildman–Crippen MR) is 101 cm³/mol. The van der Waals surface area contributed by atoms with E-state index in [-0.39, 0.29) is 10.8 Å². The van der Waals surface area contributed by atoms with Crippen LogP contribution in [0.1, 0.15) is 35.3 Å². The normalized spacial score (nSPS) is 12.3. The fourth-order valence-electron chi connectivity index (χ4n) is 2.35. The van der Waals surface area contributed by atoms with Crippen LogP contribution in [0.3, 0.4) is 0 Å². The zero-order chi connectivity index (χ0) is 17.3. The molecule has 2 aromatic carbocycles. The summed E-state index contributed by atoms with van der Waals surface area (Å²) in [6.07, 6.45) is 0.766. The lowest BCUT2D eigenvalue weighted by atomic mass is 9.97. The molecular formula is C19H23BrO2Si. The molecule has 0 fully saturated rings. The van der Waals surface area contributed by atoms with Crippen molar-refractivity contribution in [1.29, 1.82) is 0 Å². The maximum absolute atomic E-state index is 12.7. The minimum absolute atomic E-state index is 0.0199. The van der Waals surface area contributed by atoms with E-state index in [9.17, 15) is 9.59 Å². The molecule has 23 heavy (non-hydrogen) atoms. The summed E-state index contributed by atoms with van der Waals surface area (Å²) >= 11 is 3.40. The van der Waals surface area contributed by atoms with Gasteiger partial charge in [0.05, 0.1) is 0 Å². The molecule has 0 amide bonds. The van der Waals surface area contributed by atoms with Crippen LogP contribution in [0.25, 0.3) is 0 Å². The predicted octanol–water partition coefficient (Wildman–Crippen LogP) is 5.20. The molecule has 0 unspecified atom stereocenters. The van der Waals surface area contributed by atoms with E-state index in [1.54, 1.807) is 0 Å². The van der Waals surface area contributed by atoms with Gasteiger partial charge in [-0.2, -0.15) is 0 Å². The standard InChI is InChI=1S/C19H23BrO2Si/c1-19(2,23(3,4)22)13-14-7-5-8-15(11-14)18(21)16-9-6-10-17(20)12-16/h5-12,22H,13H2,1-4H3. The van der Waals surface area contributed by atoms with Crippen molar-refractivity contribution in [1.82, 2.24) is 0 Å². The topological polar surface area (TPSA) is 37.3 Å². The summed E-state index contributed by atoms with van der Waals surface area (Å²) in [4.78, 5) is 23.1. The van der Waals surface area contributed by atoms with Gasteiger partial charge in [-0.05, 0) is 48.3 Å². The third kappa shape index (κ3) is 4.40. The molecular weight excluding hydrogens is 368 g/mol. The monoisotopic (exact) mass is 390 g/mol. The number of rotatable bonds is 5. The van der Waals surface area contributed by atoms with Gasteiger partial charge in [-0.1, -0.05) is 60.1 Å². The SMILES string of the molecule is CC(C)(Cc1cccc(C(=O)c2cccc(Br)c2)c1)[Si](C)(C)O. The molecule has 0 saturated heterocycles. The highest BCUT2D eigenvalue weighted by Gasteiger charge is 2.37. The van der Waals surface area contributed by atoms with Gasteiger partial charge in [-0.3, -0.25) is 4.79 Å². The zero-order valence-corrected chi connectivity index (χ0v) is 16.6. The second-order valence-corrected chi connectivity index (χ2v) is 12.5. The molecule has 4 heteroatoms. The minimum Gasteiger partial charge on any atom is -0.432 e. The Bertz CT molecular complexity index is 717. The van der Waals surface area contributed by atoms with Crippen molar-refractivity contribution in [2.45, 2.75) is 38.4 Å². The van der Waals surface area contributed by atoms with Crippen molar-refractivity contribution in [3.8, 4) is 0 Å². The maximum atomic E-state index is 12.7. The first-order chi connectivity index (χ1) is 10.6. The highest BCUT2D eigenvalue weighted by atomic mass is 79.9. The molecule has 0 aliphatic carbocycles. The summed E-state index contributed by atoms with van der Waals surface area (Å²) in [7, 11) is -2.27. The van der Waals surface area contributed by atoms with Crippen LogP contribution in [0, 0.1) is 0 Å². The second-order valence-electron chi connectivity index (χ2n) is 7.16. The quantitative estimate of drug-likeness (QED) is 0.562. The van der Waals surface area contributed by atoms with Crippen molar-refractivity contribution >= 4 is 30.0 Å². The van der Waals surface area contributed by atoms with Crippen LogP contribution in [0.4, 0.5) is 0 Å². The van der Waals surface area contributed by atoms with E-state index in [4.69, 9.17) is 0 Å². The first-order valence-electron chi connectivity index (χ1n) is 7.72. The van der Waals surface area contributed by atoms with Gasteiger partial charge in [0.15, 0.2) is 14.1 Å². The Hall–Kier alpha value is -1.23. The molecule has 1 N–H and O–H groups in total. The number of benzene rings is 2. The largest absolute Gasteiger partial charge is 0.432 e. The summed E-state index contributed by atoms with van der Waals surface area (Å²) in [6.45, 7) is 8.12. The Kier molecular flexibility index (Phi) is 5.29. The summed E-state index contributed by atoms with van der Waals surface area (Å²) in [5.74, 6) is 0.0199. The van der Waals surface area contributed by atoms with Gasteiger partial charge >= 0.3 is 0 Å². The van der Waals surface area contributed by atoms with Crippen LogP contribution >= 0.6 is 15.9 Å². The molecule has 0 heterocycles. The van der Waals surface area contributed by atoms with Gasteiger partial charge in [0.25, 0.3) is 0 Å². The number of ketones is 1. The molecule has 2 rings (SSSR count). The molecule has 0 aliphatic rings.